The Morgan fingerprint density at radius 1 is 1.17 bits per heavy atom. The third-order valence-corrected chi connectivity index (χ3v) is 3.87. The highest BCUT2D eigenvalue weighted by Gasteiger charge is 2.21. The van der Waals surface area contributed by atoms with Gasteiger partial charge in [0.05, 0.1) is 6.61 Å². The standard InChI is InChI=1S/C19H20FNO2/c1-21(2)12-14-8-9-23-18-11-15(20)6-7-17(18)19(14)13-4-3-5-16(22)10-13/h3-7,10-11,22H,8-9,12H2,1-2H3. The van der Waals surface area contributed by atoms with E-state index in [9.17, 15) is 9.50 Å². The van der Waals surface area contributed by atoms with Crippen molar-refractivity contribution in [3.63, 3.8) is 0 Å². The van der Waals surface area contributed by atoms with E-state index in [4.69, 9.17) is 4.74 Å². The van der Waals surface area contributed by atoms with Gasteiger partial charge in [-0.25, -0.2) is 4.39 Å². The molecule has 0 fully saturated rings. The average Bonchev–Trinajstić information content (AvgIpc) is 2.65. The van der Waals surface area contributed by atoms with E-state index >= 15 is 0 Å². The van der Waals surface area contributed by atoms with Gasteiger partial charge in [0.25, 0.3) is 0 Å². The number of hydrogen-bond acceptors (Lipinski definition) is 3. The molecule has 0 saturated heterocycles. The first-order valence-electron chi connectivity index (χ1n) is 7.63. The molecule has 0 saturated carbocycles. The molecule has 120 valence electrons. The van der Waals surface area contributed by atoms with Gasteiger partial charge in [-0.15, -0.1) is 0 Å². The summed E-state index contributed by atoms with van der Waals surface area (Å²) in [5, 5.41) is 9.85. The second-order valence-electron chi connectivity index (χ2n) is 6.01. The fourth-order valence-corrected chi connectivity index (χ4v) is 2.98. The molecule has 3 nitrogen and oxygen atoms in total. The second kappa shape index (κ2) is 6.42. The Morgan fingerprint density at radius 2 is 2.00 bits per heavy atom. The summed E-state index contributed by atoms with van der Waals surface area (Å²) < 4.78 is 19.3. The molecule has 0 aromatic heterocycles. The molecular weight excluding hydrogens is 293 g/mol. The summed E-state index contributed by atoms with van der Waals surface area (Å²) in [6.07, 6.45) is 0.763. The van der Waals surface area contributed by atoms with Crippen LogP contribution in [0.2, 0.25) is 0 Å². The predicted octanol–water partition coefficient (Wildman–Crippen LogP) is 3.68. The molecular formula is C19H20FNO2. The first-order chi connectivity index (χ1) is 11.0. The van der Waals surface area contributed by atoms with Crippen molar-refractivity contribution in [1.29, 1.82) is 0 Å². The Bertz CT molecular complexity index is 753. The number of hydrogen-bond donors (Lipinski definition) is 1. The largest absolute Gasteiger partial charge is 0.508 e. The van der Waals surface area contributed by atoms with E-state index in [1.165, 1.54) is 17.7 Å². The minimum absolute atomic E-state index is 0.216. The molecule has 0 spiro atoms. The zero-order valence-corrected chi connectivity index (χ0v) is 13.3. The van der Waals surface area contributed by atoms with E-state index in [0.717, 1.165) is 29.7 Å². The van der Waals surface area contributed by atoms with Crippen LogP contribution in [0.15, 0.2) is 48.0 Å². The summed E-state index contributed by atoms with van der Waals surface area (Å²) in [6.45, 7) is 1.30. The highest BCUT2D eigenvalue weighted by molar-refractivity contribution is 5.86. The number of benzene rings is 2. The van der Waals surface area contributed by atoms with Crippen LogP contribution >= 0.6 is 0 Å². The van der Waals surface area contributed by atoms with Crippen molar-refractivity contribution >= 4 is 5.57 Å². The van der Waals surface area contributed by atoms with Crippen LogP contribution in [0.1, 0.15) is 17.5 Å². The normalized spacial score (nSPS) is 14.4. The maximum Gasteiger partial charge on any atom is 0.130 e. The van der Waals surface area contributed by atoms with Gasteiger partial charge >= 0.3 is 0 Å². The summed E-state index contributed by atoms with van der Waals surface area (Å²) >= 11 is 0. The van der Waals surface area contributed by atoms with Gasteiger partial charge < -0.3 is 14.7 Å². The molecule has 1 heterocycles. The van der Waals surface area contributed by atoms with Crippen molar-refractivity contribution in [2.45, 2.75) is 6.42 Å². The fourth-order valence-electron chi connectivity index (χ4n) is 2.98. The third kappa shape index (κ3) is 3.37. The quantitative estimate of drug-likeness (QED) is 0.938. The number of nitrogens with zero attached hydrogens (tertiary/aromatic N) is 1. The molecule has 0 aliphatic carbocycles. The lowest BCUT2D eigenvalue weighted by Gasteiger charge is -2.18. The number of likely N-dealkylation sites (N-methyl/N-ethyl adjacent to an activating group) is 1. The van der Waals surface area contributed by atoms with Crippen molar-refractivity contribution < 1.29 is 14.2 Å². The Kier molecular flexibility index (Phi) is 4.35. The van der Waals surface area contributed by atoms with Crippen LogP contribution in [0, 0.1) is 5.82 Å². The van der Waals surface area contributed by atoms with Crippen LogP contribution in [0.5, 0.6) is 11.5 Å². The summed E-state index contributed by atoms with van der Waals surface area (Å²) in [4.78, 5) is 2.10. The topological polar surface area (TPSA) is 32.7 Å². The van der Waals surface area contributed by atoms with Crippen LogP contribution < -0.4 is 4.74 Å². The van der Waals surface area contributed by atoms with E-state index < -0.39 is 0 Å². The van der Waals surface area contributed by atoms with Gasteiger partial charge in [0.1, 0.15) is 17.3 Å². The first kappa shape index (κ1) is 15.6. The molecule has 4 heteroatoms. The zero-order chi connectivity index (χ0) is 16.4. The number of halogens is 1. The van der Waals surface area contributed by atoms with Crippen LogP contribution in [0.25, 0.3) is 5.57 Å². The van der Waals surface area contributed by atoms with Crippen LogP contribution in [0.3, 0.4) is 0 Å². The molecule has 0 atom stereocenters. The summed E-state index contributed by atoms with van der Waals surface area (Å²) in [5.41, 5.74) is 4.01. The van der Waals surface area contributed by atoms with Crippen LogP contribution in [-0.4, -0.2) is 37.3 Å². The van der Waals surface area contributed by atoms with E-state index in [0.29, 0.717) is 12.4 Å². The number of phenols is 1. The van der Waals surface area contributed by atoms with Crippen molar-refractivity contribution in [2.75, 3.05) is 27.2 Å². The van der Waals surface area contributed by atoms with Gasteiger partial charge in [-0.2, -0.15) is 0 Å². The monoisotopic (exact) mass is 313 g/mol. The molecule has 0 amide bonds. The predicted molar refractivity (Wildman–Crippen MR) is 89.2 cm³/mol. The maximum atomic E-state index is 13.6. The van der Waals surface area contributed by atoms with Gasteiger partial charge in [0, 0.05) is 24.6 Å². The molecule has 3 rings (SSSR count). The maximum absolute atomic E-state index is 13.6. The second-order valence-corrected chi connectivity index (χ2v) is 6.01. The fraction of sp³-hybridized carbons (Fsp3) is 0.263. The molecule has 0 radical (unpaired) electrons. The van der Waals surface area contributed by atoms with Gasteiger partial charge in [-0.1, -0.05) is 12.1 Å². The van der Waals surface area contributed by atoms with Gasteiger partial charge in [0.15, 0.2) is 0 Å². The SMILES string of the molecule is CN(C)CC1=C(c2cccc(O)c2)c2ccc(F)cc2OCC1. The van der Waals surface area contributed by atoms with Crippen LogP contribution in [0.4, 0.5) is 4.39 Å². The minimum Gasteiger partial charge on any atom is -0.508 e. The number of rotatable bonds is 3. The average molecular weight is 313 g/mol. The van der Waals surface area contributed by atoms with E-state index in [2.05, 4.69) is 4.90 Å². The van der Waals surface area contributed by atoms with Crippen molar-refractivity contribution in [2.24, 2.45) is 0 Å². The minimum atomic E-state index is -0.310. The smallest absolute Gasteiger partial charge is 0.130 e. The summed E-state index contributed by atoms with van der Waals surface area (Å²) in [7, 11) is 4.04. The Hall–Kier alpha value is -2.33. The molecule has 2 aromatic carbocycles. The highest BCUT2D eigenvalue weighted by Crippen LogP contribution is 2.38. The molecule has 1 aliphatic rings. The Labute approximate surface area is 135 Å². The molecule has 0 unspecified atom stereocenters. The van der Waals surface area contributed by atoms with Gasteiger partial charge in [-0.05, 0) is 55.1 Å². The van der Waals surface area contributed by atoms with Gasteiger partial charge in [-0.3, -0.25) is 0 Å². The number of ether oxygens (including phenoxy) is 1. The first-order valence-corrected chi connectivity index (χ1v) is 7.63. The molecule has 2 aromatic rings. The summed E-state index contributed by atoms with van der Waals surface area (Å²) in [6, 6.07) is 11.8. The number of fused-ring (bicyclic) bond motifs is 1. The van der Waals surface area contributed by atoms with E-state index in [1.54, 1.807) is 18.2 Å². The number of aromatic hydroxyl groups is 1. The van der Waals surface area contributed by atoms with Crippen molar-refractivity contribution in [3.8, 4) is 11.5 Å². The zero-order valence-electron chi connectivity index (χ0n) is 13.3. The lowest BCUT2D eigenvalue weighted by Crippen LogP contribution is -2.17. The molecule has 1 aliphatic heterocycles. The van der Waals surface area contributed by atoms with Crippen LogP contribution in [-0.2, 0) is 0 Å². The Balaban J connectivity index is 2.23. The lowest BCUT2D eigenvalue weighted by molar-refractivity contribution is 0.317. The Morgan fingerprint density at radius 3 is 2.74 bits per heavy atom. The summed E-state index contributed by atoms with van der Waals surface area (Å²) in [5.74, 6) is 0.459. The number of phenolic OH excluding ortho intramolecular Hbond substituents is 1. The van der Waals surface area contributed by atoms with Gasteiger partial charge in [0.2, 0.25) is 0 Å². The molecule has 1 N–H and O–H groups in total. The molecule has 23 heavy (non-hydrogen) atoms. The molecule has 0 bridgehead atoms. The highest BCUT2D eigenvalue weighted by atomic mass is 19.1. The van der Waals surface area contributed by atoms with Crippen molar-refractivity contribution in [3.05, 3.63) is 65.0 Å². The lowest BCUT2D eigenvalue weighted by atomic mass is 9.91. The third-order valence-electron chi connectivity index (χ3n) is 3.87. The van der Waals surface area contributed by atoms with E-state index in [1.807, 2.05) is 26.2 Å². The van der Waals surface area contributed by atoms with Crippen molar-refractivity contribution in [1.82, 2.24) is 4.90 Å². The van der Waals surface area contributed by atoms with E-state index in [-0.39, 0.29) is 11.6 Å².